The Balaban J connectivity index is 2.30. The maximum absolute atomic E-state index is 11.9. The molecule has 1 amide bonds. The zero-order valence-electron chi connectivity index (χ0n) is 11.2. The third kappa shape index (κ3) is 4.88. The van der Waals surface area contributed by atoms with Gasteiger partial charge in [-0.15, -0.1) is 0 Å². The topological polar surface area (TPSA) is 41.6 Å². The van der Waals surface area contributed by atoms with Crippen molar-refractivity contribution in [2.45, 2.75) is 32.7 Å². The SMILES string of the molecule is CCC(C)NCC(=O)N1CC=C(COC)CC1. The summed E-state index contributed by atoms with van der Waals surface area (Å²) in [6.07, 6.45) is 4.09. The van der Waals surface area contributed by atoms with Gasteiger partial charge in [-0.1, -0.05) is 13.0 Å². The fourth-order valence-corrected chi connectivity index (χ4v) is 1.77. The van der Waals surface area contributed by atoms with E-state index < -0.39 is 0 Å². The highest BCUT2D eigenvalue weighted by molar-refractivity contribution is 5.78. The van der Waals surface area contributed by atoms with Crippen LogP contribution < -0.4 is 5.32 Å². The van der Waals surface area contributed by atoms with Crippen molar-refractivity contribution in [3.63, 3.8) is 0 Å². The van der Waals surface area contributed by atoms with Crippen LogP contribution in [0.5, 0.6) is 0 Å². The second-order valence-corrected chi connectivity index (χ2v) is 4.58. The number of nitrogens with one attached hydrogen (secondary N) is 1. The average molecular weight is 240 g/mol. The molecule has 0 aliphatic carbocycles. The third-order valence-corrected chi connectivity index (χ3v) is 3.20. The largest absolute Gasteiger partial charge is 0.380 e. The van der Waals surface area contributed by atoms with Gasteiger partial charge in [-0.25, -0.2) is 0 Å². The zero-order valence-corrected chi connectivity index (χ0v) is 11.2. The highest BCUT2D eigenvalue weighted by atomic mass is 16.5. The highest BCUT2D eigenvalue weighted by Gasteiger charge is 2.16. The zero-order chi connectivity index (χ0) is 12.7. The third-order valence-electron chi connectivity index (χ3n) is 3.20. The first-order chi connectivity index (χ1) is 8.17. The Kier molecular flexibility index (Phi) is 6.22. The van der Waals surface area contributed by atoms with Crippen molar-refractivity contribution >= 4 is 5.91 Å². The lowest BCUT2D eigenvalue weighted by Crippen LogP contribution is -2.42. The van der Waals surface area contributed by atoms with Crippen molar-refractivity contribution in [2.75, 3.05) is 33.4 Å². The van der Waals surface area contributed by atoms with Crippen molar-refractivity contribution in [2.24, 2.45) is 0 Å². The van der Waals surface area contributed by atoms with Gasteiger partial charge in [-0.05, 0) is 25.3 Å². The second-order valence-electron chi connectivity index (χ2n) is 4.58. The molecule has 1 aliphatic rings. The molecule has 1 aliphatic heterocycles. The molecule has 17 heavy (non-hydrogen) atoms. The van der Waals surface area contributed by atoms with Crippen LogP contribution in [-0.2, 0) is 9.53 Å². The molecule has 1 atom stereocenters. The lowest BCUT2D eigenvalue weighted by atomic mass is 10.1. The minimum atomic E-state index is 0.193. The van der Waals surface area contributed by atoms with Crippen LogP contribution >= 0.6 is 0 Å². The standard InChI is InChI=1S/C13H24N2O2/c1-4-11(2)14-9-13(16)15-7-5-12(6-8-15)10-17-3/h5,11,14H,4,6-10H2,1-3H3. The van der Waals surface area contributed by atoms with Crippen LogP contribution in [-0.4, -0.2) is 50.2 Å². The van der Waals surface area contributed by atoms with E-state index in [0.29, 0.717) is 19.2 Å². The molecule has 1 rings (SSSR count). The average Bonchev–Trinajstić information content (AvgIpc) is 2.36. The molecule has 0 aromatic rings. The van der Waals surface area contributed by atoms with Crippen molar-refractivity contribution in [1.29, 1.82) is 0 Å². The Morgan fingerprint density at radius 3 is 2.94 bits per heavy atom. The molecule has 98 valence electrons. The number of carbonyl (C=O) groups excluding carboxylic acids is 1. The van der Waals surface area contributed by atoms with Gasteiger partial charge >= 0.3 is 0 Å². The van der Waals surface area contributed by atoms with E-state index in [1.165, 1.54) is 5.57 Å². The quantitative estimate of drug-likeness (QED) is 0.709. The van der Waals surface area contributed by atoms with Gasteiger partial charge in [-0.3, -0.25) is 4.79 Å². The van der Waals surface area contributed by atoms with E-state index in [-0.39, 0.29) is 5.91 Å². The number of nitrogens with zero attached hydrogens (tertiary/aromatic N) is 1. The predicted molar refractivity (Wildman–Crippen MR) is 68.9 cm³/mol. The van der Waals surface area contributed by atoms with Gasteiger partial charge in [-0.2, -0.15) is 0 Å². The van der Waals surface area contributed by atoms with Gasteiger partial charge in [0.2, 0.25) is 5.91 Å². The lowest BCUT2D eigenvalue weighted by molar-refractivity contribution is -0.130. The number of amides is 1. The van der Waals surface area contributed by atoms with Gasteiger partial charge < -0.3 is 15.0 Å². The molecule has 0 radical (unpaired) electrons. The molecule has 1 heterocycles. The first kappa shape index (κ1) is 14.2. The molecular formula is C13H24N2O2. The Bertz CT molecular complexity index is 277. The van der Waals surface area contributed by atoms with Gasteiger partial charge in [0.1, 0.15) is 0 Å². The van der Waals surface area contributed by atoms with E-state index in [4.69, 9.17) is 4.74 Å². The van der Waals surface area contributed by atoms with Crippen molar-refractivity contribution in [3.8, 4) is 0 Å². The summed E-state index contributed by atoms with van der Waals surface area (Å²) >= 11 is 0. The molecule has 0 aromatic heterocycles. The minimum absolute atomic E-state index is 0.193. The van der Waals surface area contributed by atoms with E-state index in [9.17, 15) is 4.79 Å². The maximum Gasteiger partial charge on any atom is 0.236 e. The maximum atomic E-state index is 11.9. The molecule has 4 heteroatoms. The Morgan fingerprint density at radius 2 is 2.41 bits per heavy atom. The fraction of sp³-hybridized carbons (Fsp3) is 0.769. The van der Waals surface area contributed by atoms with Gasteiger partial charge in [0, 0.05) is 26.2 Å². The molecule has 0 fully saturated rings. The highest BCUT2D eigenvalue weighted by Crippen LogP contribution is 2.10. The monoisotopic (exact) mass is 240 g/mol. The summed E-state index contributed by atoms with van der Waals surface area (Å²) in [4.78, 5) is 13.8. The number of hydrogen-bond acceptors (Lipinski definition) is 3. The Hall–Kier alpha value is -0.870. The van der Waals surface area contributed by atoms with E-state index in [1.807, 2.05) is 4.90 Å². The summed E-state index contributed by atoms with van der Waals surface area (Å²) in [5, 5.41) is 3.23. The smallest absolute Gasteiger partial charge is 0.236 e. The van der Waals surface area contributed by atoms with Crippen LogP contribution in [0, 0.1) is 0 Å². The number of ether oxygens (including phenoxy) is 1. The summed E-state index contributed by atoms with van der Waals surface area (Å²) < 4.78 is 5.09. The molecule has 4 nitrogen and oxygen atoms in total. The van der Waals surface area contributed by atoms with Crippen molar-refractivity contribution < 1.29 is 9.53 Å². The summed E-state index contributed by atoms with van der Waals surface area (Å²) in [5.74, 6) is 0.193. The van der Waals surface area contributed by atoms with Crippen LogP contribution in [0.25, 0.3) is 0 Å². The fourth-order valence-electron chi connectivity index (χ4n) is 1.77. The Morgan fingerprint density at radius 1 is 1.65 bits per heavy atom. The minimum Gasteiger partial charge on any atom is -0.380 e. The van der Waals surface area contributed by atoms with E-state index in [2.05, 4.69) is 25.2 Å². The van der Waals surface area contributed by atoms with E-state index in [0.717, 1.165) is 25.9 Å². The van der Waals surface area contributed by atoms with Crippen LogP contribution in [0.15, 0.2) is 11.6 Å². The van der Waals surface area contributed by atoms with E-state index >= 15 is 0 Å². The van der Waals surface area contributed by atoms with Gasteiger partial charge in [0.25, 0.3) is 0 Å². The first-order valence-electron chi connectivity index (χ1n) is 6.35. The molecule has 0 spiro atoms. The second kappa shape index (κ2) is 7.45. The number of rotatable bonds is 6. The number of hydrogen-bond donors (Lipinski definition) is 1. The summed E-state index contributed by atoms with van der Waals surface area (Å²) in [6, 6.07) is 0.406. The first-order valence-corrected chi connectivity index (χ1v) is 6.35. The molecular weight excluding hydrogens is 216 g/mol. The molecule has 1 unspecified atom stereocenters. The predicted octanol–water partition coefficient (Wildman–Crippen LogP) is 1.18. The number of carbonyl (C=O) groups is 1. The van der Waals surface area contributed by atoms with Crippen LogP contribution in [0.2, 0.25) is 0 Å². The molecule has 0 bridgehead atoms. The van der Waals surface area contributed by atoms with Crippen LogP contribution in [0.4, 0.5) is 0 Å². The van der Waals surface area contributed by atoms with E-state index in [1.54, 1.807) is 7.11 Å². The van der Waals surface area contributed by atoms with Crippen molar-refractivity contribution in [3.05, 3.63) is 11.6 Å². The van der Waals surface area contributed by atoms with Crippen molar-refractivity contribution in [1.82, 2.24) is 10.2 Å². The molecule has 0 saturated carbocycles. The van der Waals surface area contributed by atoms with Crippen LogP contribution in [0.1, 0.15) is 26.7 Å². The summed E-state index contributed by atoms with van der Waals surface area (Å²) in [5.41, 5.74) is 1.30. The Labute approximate surface area is 104 Å². The van der Waals surface area contributed by atoms with Crippen LogP contribution in [0.3, 0.4) is 0 Å². The number of methoxy groups -OCH3 is 1. The molecule has 0 aromatic carbocycles. The molecule has 1 N–H and O–H groups in total. The van der Waals surface area contributed by atoms with Gasteiger partial charge in [0.15, 0.2) is 0 Å². The summed E-state index contributed by atoms with van der Waals surface area (Å²) in [6.45, 7) is 6.88. The summed E-state index contributed by atoms with van der Waals surface area (Å²) in [7, 11) is 1.70. The van der Waals surface area contributed by atoms with Gasteiger partial charge in [0.05, 0.1) is 13.2 Å². The normalized spacial score (nSPS) is 17.8. The molecule has 0 saturated heterocycles. The lowest BCUT2D eigenvalue weighted by Gasteiger charge is -2.27.